The van der Waals surface area contributed by atoms with Gasteiger partial charge in [0.25, 0.3) is 0 Å². The molecule has 38 valence electrons. The lowest BCUT2D eigenvalue weighted by atomic mass is 10.8. The van der Waals surface area contributed by atoms with E-state index in [2.05, 4.69) is 14.3 Å². The van der Waals surface area contributed by atoms with E-state index in [-0.39, 0.29) is 6.08 Å². The van der Waals surface area contributed by atoms with E-state index in [1.165, 1.54) is 0 Å². The van der Waals surface area contributed by atoms with E-state index in [1.54, 1.807) is 0 Å². The maximum absolute atomic E-state index is 7.90. The predicted octanol–water partition coefficient (Wildman–Crippen LogP) is -0.381. The van der Waals surface area contributed by atoms with Crippen LogP contribution in [0.3, 0.4) is 0 Å². The second kappa shape index (κ2) is 1.62. The van der Waals surface area contributed by atoms with Crippen LogP contribution in [0.15, 0.2) is 0 Å². The predicted molar refractivity (Wildman–Crippen MR) is 20.5 cm³/mol. The van der Waals surface area contributed by atoms with Gasteiger partial charge in [-0.3, -0.25) is 0 Å². The molecular formula is C3H4N2O2. The maximum Gasteiger partial charge on any atom is 0.667 e. The van der Waals surface area contributed by atoms with Crippen LogP contribution in [0.2, 0.25) is 0 Å². The van der Waals surface area contributed by atoms with Gasteiger partial charge in [-0.1, -0.05) is 4.79 Å². The van der Waals surface area contributed by atoms with Crippen LogP contribution in [-0.4, -0.2) is 24.1 Å². The Balaban J connectivity index is 2.57. The SMILES string of the molecule is [N-]=[N+]=C1OCCO1. The summed E-state index contributed by atoms with van der Waals surface area (Å²) in [5, 5.41) is 0. The molecule has 0 atom stereocenters. The Kier molecular flexibility index (Phi) is 0.959. The molecule has 1 fully saturated rings. The van der Waals surface area contributed by atoms with Crippen LogP contribution in [0.1, 0.15) is 0 Å². The molecule has 1 saturated heterocycles. The van der Waals surface area contributed by atoms with Gasteiger partial charge in [0.05, 0.1) is 0 Å². The summed E-state index contributed by atoms with van der Waals surface area (Å²) in [4.78, 5) is 2.66. The van der Waals surface area contributed by atoms with Crippen LogP contribution in [0.4, 0.5) is 0 Å². The Hall–Kier alpha value is -1.02. The minimum absolute atomic E-state index is 0.0278. The molecule has 0 aliphatic carbocycles. The second-order valence-electron chi connectivity index (χ2n) is 1.06. The molecular weight excluding hydrogens is 96.0 g/mol. The van der Waals surface area contributed by atoms with E-state index >= 15 is 0 Å². The van der Waals surface area contributed by atoms with Gasteiger partial charge in [-0.05, 0) is 0 Å². The van der Waals surface area contributed by atoms with Crippen LogP contribution in [0.25, 0.3) is 5.53 Å². The molecule has 0 aromatic heterocycles. The van der Waals surface area contributed by atoms with Crippen molar-refractivity contribution in [3.05, 3.63) is 5.53 Å². The molecule has 1 aliphatic heterocycles. The molecule has 0 radical (unpaired) electrons. The van der Waals surface area contributed by atoms with Gasteiger partial charge in [0, 0.05) is 0 Å². The van der Waals surface area contributed by atoms with Crippen molar-refractivity contribution in [2.75, 3.05) is 13.2 Å². The number of hydrogen-bond acceptors (Lipinski definition) is 2. The number of hydrogen-bond donors (Lipinski definition) is 0. The van der Waals surface area contributed by atoms with Crippen molar-refractivity contribution in [3.8, 4) is 0 Å². The molecule has 0 aromatic rings. The zero-order valence-corrected chi connectivity index (χ0v) is 3.63. The van der Waals surface area contributed by atoms with Gasteiger partial charge in [-0.2, -0.15) is 0 Å². The van der Waals surface area contributed by atoms with Crippen LogP contribution < -0.4 is 0 Å². The van der Waals surface area contributed by atoms with Gasteiger partial charge in [0.2, 0.25) is 0 Å². The third-order valence-electron chi connectivity index (χ3n) is 0.616. The summed E-state index contributed by atoms with van der Waals surface area (Å²) >= 11 is 0. The zero-order chi connectivity index (χ0) is 5.11. The standard InChI is InChI=1S/C3H4N2O2/c4-5-3-6-1-2-7-3/h1-2H2. The Morgan fingerprint density at radius 1 is 1.43 bits per heavy atom. The fourth-order valence-corrected chi connectivity index (χ4v) is 0.357. The molecule has 1 aliphatic rings. The summed E-state index contributed by atoms with van der Waals surface area (Å²) in [6, 6.07) is 0. The van der Waals surface area contributed by atoms with E-state index in [0.717, 1.165) is 0 Å². The first-order chi connectivity index (χ1) is 3.43. The largest absolute Gasteiger partial charge is 0.667 e. The molecule has 7 heavy (non-hydrogen) atoms. The summed E-state index contributed by atoms with van der Waals surface area (Å²) in [6.07, 6.45) is -0.0278. The minimum atomic E-state index is -0.0278. The van der Waals surface area contributed by atoms with Gasteiger partial charge < -0.3 is 15.0 Å². The summed E-state index contributed by atoms with van der Waals surface area (Å²) < 4.78 is 9.16. The number of nitrogens with zero attached hydrogens (tertiary/aromatic N) is 2. The summed E-state index contributed by atoms with van der Waals surface area (Å²) in [6.45, 7) is 0.971. The maximum atomic E-state index is 7.90. The Morgan fingerprint density at radius 2 is 2.00 bits per heavy atom. The van der Waals surface area contributed by atoms with Crippen molar-refractivity contribution in [2.24, 2.45) is 0 Å². The van der Waals surface area contributed by atoms with Crippen LogP contribution in [-0.2, 0) is 9.47 Å². The molecule has 0 bridgehead atoms. The lowest BCUT2D eigenvalue weighted by Gasteiger charge is -1.74. The Bertz CT molecular complexity index is 108. The van der Waals surface area contributed by atoms with Gasteiger partial charge in [-0.15, -0.1) is 0 Å². The monoisotopic (exact) mass is 100 g/mol. The van der Waals surface area contributed by atoms with Gasteiger partial charge in [0.15, 0.2) is 0 Å². The first kappa shape index (κ1) is 4.15. The van der Waals surface area contributed by atoms with E-state index in [4.69, 9.17) is 5.53 Å². The fourth-order valence-electron chi connectivity index (χ4n) is 0.357. The molecule has 0 aromatic carbocycles. The zero-order valence-electron chi connectivity index (χ0n) is 3.63. The second-order valence-corrected chi connectivity index (χ2v) is 1.06. The molecule has 0 saturated carbocycles. The highest BCUT2D eigenvalue weighted by Crippen LogP contribution is 1.89. The van der Waals surface area contributed by atoms with E-state index < -0.39 is 0 Å². The molecule has 0 N–H and O–H groups in total. The lowest BCUT2D eigenvalue weighted by molar-refractivity contribution is -0.0627. The summed E-state index contributed by atoms with van der Waals surface area (Å²) in [5.41, 5.74) is 7.90. The molecule has 1 rings (SSSR count). The van der Waals surface area contributed by atoms with E-state index in [1.807, 2.05) is 0 Å². The third kappa shape index (κ3) is 0.694. The van der Waals surface area contributed by atoms with Crippen molar-refractivity contribution in [2.45, 2.75) is 0 Å². The molecule has 0 spiro atoms. The van der Waals surface area contributed by atoms with Crippen molar-refractivity contribution >= 4 is 6.08 Å². The normalized spacial score (nSPS) is 17.4. The van der Waals surface area contributed by atoms with E-state index in [9.17, 15) is 0 Å². The quantitative estimate of drug-likeness (QED) is 0.307. The first-order valence-corrected chi connectivity index (χ1v) is 1.91. The highest BCUT2D eigenvalue weighted by molar-refractivity contribution is 5.61. The lowest BCUT2D eigenvalue weighted by Crippen LogP contribution is -1.95. The van der Waals surface area contributed by atoms with Gasteiger partial charge >= 0.3 is 6.08 Å². The van der Waals surface area contributed by atoms with Crippen LogP contribution >= 0.6 is 0 Å². The summed E-state index contributed by atoms with van der Waals surface area (Å²) in [7, 11) is 0. The highest BCUT2D eigenvalue weighted by atomic mass is 16.7. The average Bonchev–Trinajstić information content (AvgIpc) is 2.14. The Labute approximate surface area is 40.3 Å². The smallest absolute Gasteiger partial charge is 0.398 e. The van der Waals surface area contributed by atoms with Gasteiger partial charge in [0.1, 0.15) is 13.2 Å². The highest BCUT2D eigenvalue weighted by Gasteiger charge is 2.17. The molecule has 4 heteroatoms. The van der Waals surface area contributed by atoms with E-state index in [0.29, 0.717) is 13.2 Å². The molecule has 0 unspecified atom stereocenters. The minimum Gasteiger partial charge on any atom is -0.398 e. The topological polar surface area (TPSA) is 54.9 Å². The van der Waals surface area contributed by atoms with Crippen molar-refractivity contribution < 1.29 is 14.3 Å². The Morgan fingerprint density at radius 3 is 2.29 bits per heavy atom. The van der Waals surface area contributed by atoms with Crippen molar-refractivity contribution in [1.29, 1.82) is 0 Å². The molecule has 4 nitrogen and oxygen atoms in total. The fraction of sp³-hybridized carbons (Fsp3) is 0.667. The first-order valence-electron chi connectivity index (χ1n) is 1.91. The van der Waals surface area contributed by atoms with Crippen LogP contribution in [0.5, 0.6) is 0 Å². The van der Waals surface area contributed by atoms with Crippen molar-refractivity contribution in [1.82, 2.24) is 0 Å². The summed E-state index contributed by atoms with van der Waals surface area (Å²) in [5.74, 6) is 0. The third-order valence-corrected chi connectivity index (χ3v) is 0.616. The van der Waals surface area contributed by atoms with Gasteiger partial charge in [-0.25, -0.2) is 0 Å². The number of ether oxygens (including phenoxy) is 2. The molecule has 0 amide bonds. The van der Waals surface area contributed by atoms with Crippen molar-refractivity contribution in [3.63, 3.8) is 0 Å². The molecule has 1 heterocycles. The number of rotatable bonds is 0. The van der Waals surface area contributed by atoms with Crippen LogP contribution in [0, 0.1) is 0 Å². The average molecular weight is 100 g/mol.